The lowest BCUT2D eigenvalue weighted by Crippen LogP contribution is -2.56. The molecule has 1 saturated heterocycles. The first-order chi connectivity index (χ1) is 9.40. The summed E-state index contributed by atoms with van der Waals surface area (Å²) in [7, 11) is 0. The maximum absolute atomic E-state index is 11.3. The number of rotatable bonds is 5. The standard InChI is InChI=1S/C14H22O6/c1-5-11-8(2)13(18-9(3)16)14(19-10(4)17)12(20-11)6-7-15/h7-8,11-14H,5-6H2,1-4H3/t8-,11-,12-,13+,14+/m1/s1. The summed E-state index contributed by atoms with van der Waals surface area (Å²) in [5, 5.41) is 0. The van der Waals surface area contributed by atoms with Crippen molar-refractivity contribution in [2.45, 2.75) is 65.0 Å². The Kier molecular flexibility index (Phi) is 6.13. The predicted molar refractivity (Wildman–Crippen MR) is 69.9 cm³/mol. The molecule has 0 N–H and O–H groups in total. The number of carbonyl (C=O) groups is 3. The van der Waals surface area contributed by atoms with E-state index in [1.54, 1.807) is 0 Å². The number of hydrogen-bond acceptors (Lipinski definition) is 6. The molecule has 0 bridgehead atoms. The largest absolute Gasteiger partial charge is 0.458 e. The maximum Gasteiger partial charge on any atom is 0.303 e. The third kappa shape index (κ3) is 4.03. The van der Waals surface area contributed by atoms with E-state index < -0.39 is 30.3 Å². The molecule has 0 aliphatic carbocycles. The molecule has 0 spiro atoms. The van der Waals surface area contributed by atoms with Gasteiger partial charge in [-0.3, -0.25) is 9.59 Å². The van der Waals surface area contributed by atoms with Crippen LogP contribution in [0.3, 0.4) is 0 Å². The zero-order chi connectivity index (χ0) is 15.3. The molecule has 5 atom stereocenters. The molecule has 0 saturated carbocycles. The number of aldehydes is 1. The van der Waals surface area contributed by atoms with E-state index in [4.69, 9.17) is 14.2 Å². The first-order valence-corrected chi connectivity index (χ1v) is 6.84. The Morgan fingerprint density at radius 3 is 2.10 bits per heavy atom. The Hall–Kier alpha value is -1.43. The minimum atomic E-state index is -0.751. The van der Waals surface area contributed by atoms with Crippen LogP contribution in [0.25, 0.3) is 0 Å². The molecule has 0 amide bonds. The highest BCUT2D eigenvalue weighted by Gasteiger charge is 2.46. The van der Waals surface area contributed by atoms with Crippen molar-refractivity contribution in [2.75, 3.05) is 0 Å². The smallest absolute Gasteiger partial charge is 0.303 e. The average Bonchev–Trinajstić information content (AvgIpc) is 2.36. The third-order valence-corrected chi connectivity index (χ3v) is 3.48. The van der Waals surface area contributed by atoms with Gasteiger partial charge in [0.1, 0.15) is 18.5 Å². The third-order valence-electron chi connectivity index (χ3n) is 3.48. The van der Waals surface area contributed by atoms with Gasteiger partial charge in [0, 0.05) is 26.2 Å². The van der Waals surface area contributed by atoms with E-state index in [-0.39, 0.29) is 18.4 Å². The minimum Gasteiger partial charge on any atom is -0.458 e. The van der Waals surface area contributed by atoms with Gasteiger partial charge in [-0.25, -0.2) is 0 Å². The Morgan fingerprint density at radius 1 is 1.10 bits per heavy atom. The van der Waals surface area contributed by atoms with Gasteiger partial charge in [0.15, 0.2) is 6.10 Å². The number of ether oxygens (including phenoxy) is 3. The molecule has 1 heterocycles. The molecular weight excluding hydrogens is 264 g/mol. The predicted octanol–water partition coefficient (Wildman–Crippen LogP) is 1.25. The second kappa shape index (κ2) is 7.38. The van der Waals surface area contributed by atoms with Crippen molar-refractivity contribution in [3.8, 4) is 0 Å². The molecule has 1 rings (SSSR count). The summed E-state index contributed by atoms with van der Waals surface area (Å²) in [5.41, 5.74) is 0. The first-order valence-electron chi connectivity index (χ1n) is 6.84. The van der Waals surface area contributed by atoms with Gasteiger partial charge < -0.3 is 19.0 Å². The van der Waals surface area contributed by atoms with Gasteiger partial charge >= 0.3 is 11.9 Å². The summed E-state index contributed by atoms with van der Waals surface area (Å²) in [5.74, 6) is -1.05. The molecule has 114 valence electrons. The monoisotopic (exact) mass is 286 g/mol. The van der Waals surface area contributed by atoms with Crippen LogP contribution in [-0.2, 0) is 28.6 Å². The van der Waals surface area contributed by atoms with Crippen LogP contribution in [0.5, 0.6) is 0 Å². The van der Waals surface area contributed by atoms with Crippen molar-refractivity contribution in [2.24, 2.45) is 5.92 Å². The van der Waals surface area contributed by atoms with Gasteiger partial charge in [-0.05, 0) is 6.42 Å². The Labute approximate surface area is 118 Å². The Bertz CT molecular complexity index is 367. The topological polar surface area (TPSA) is 78.9 Å². The highest BCUT2D eigenvalue weighted by molar-refractivity contribution is 5.67. The van der Waals surface area contributed by atoms with Crippen LogP contribution in [0.1, 0.15) is 40.5 Å². The summed E-state index contributed by atoms with van der Waals surface area (Å²) in [4.78, 5) is 33.3. The fourth-order valence-electron chi connectivity index (χ4n) is 2.60. The van der Waals surface area contributed by atoms with E-state index in [1.807, 2.05) is 13.8 Å². The molecule has 1 fully saturated rings. The van der Waals surface area contributed by atoms with Crippen molar-refractivity contribution in [1.82, 2.24) is 0 Å². The fraction of sp³-hybridized carbons (Fsp3) is 0.786. The van der Waals surface area contributed by atoms with Crippen molar-refractivity contribution in [1.29, 1.82) is 0 Å². The highest BCUT2D eigenvalue weighted by Crippen LogP contribution is 2.32. The maximum atomic E-state index is 11.3. The molecular formula is C14H22O6. The number of hydrogen-bond donors (Lipinski definition) is 0. The van der Waals surface area contributed by atoms with Gasteiger partial charge in [-0.15, -0.1) is 0 Å². The summed E-state index contributed by atoms with van der Waals surface area (Å²) >= 11 is 0. The summed E-state index contributed by atoms with van der Waals surface area (Å²) in [6, 6.07) is 0. The zero-order valence-electron chi connectivity index (χ0n) is 12.3. The van der Waals surface area contributed by atoms with Crippen LogP contribution in [0.15, 0.2) is 0 Å². The van der Waals surface area contributed by atoms with Crippen LogP contribution in [0, 0.1) is 5.92 Å². The molecule has 20 heavy (non-hydrogen) atoms. The lowest BCUT2D eigenvalue weighted by atomic mass is 9.85. The summed E-state index contributed by atoms with van der Waals surface area (Å²) in [6.07, 6.45) is -0.535. The Balaban J connectivity index is 3.01. The second-order valence-corrected chi connectivity index (χ2v) is 5.03. The molecule has 6 nitrogen and oxygen atoms in total. The van der Waals surface area contributed by atoms with E-state index in [0.29, 0.717) is 6.29 Å². The first kappa shape index (κ1) is 16.6. The normalized spacial score (nSPS) is 33.3. The lowest BCUT2D eigenvalue weighted by molar-refractivity contribution is -0.223. The Morgan fingerprint density at radius 2 is 1.65 bits per heavy atom. The van der Waals surface area contributed by atoms with Gasteiger partial charge in [0.05, 0.1) is 6.10 Å². The van der Waals surface area contributed by atoms with E-state index >= 15 is 0 Å². The van der Waals surface area contributed by atoms with Crippen LogP contribution < -0.4 is 0 Å². The van der Waals surface area contributed by atoms with Gasteiger partial charge in [-0.2, -0.15) is 0 Å². The fourth-order valence-corrected chi connectivity index (χ4v) is 2.60. The lowest BCUT2D eigenvalue weighted by Gasteiger charge is -2.44. The minimum absolute atomic E-state index is 0.0962. The molecule has 0 aromatic rings. The molecule has 6 heteroatoms. The van der Waals surface area contributed by atoms with Crippen LogP contribution >= 0.6 is 0 Å². The highest BCUT2D eigenvalue weighted by atomic mass is 16.6. The molecule has 1 aliphatic rings. The molecule has 0 radical (unpaired) electrons. The van der Waals surface area contributed by atoms with Crippen LogP contribution in [-0.4, -0.2) is 42.6 Å². The average molecular weight is 286 g/mol. The van der Waals surface area contributed by atoms with E-state index in [0.717, 1.165) is 6.42 Å². The van der Waals surface area contributed by atoms with Crippen LogP contribution in [0.2, 0.25) is 0 Å². The molecule has 0 aromatic heterocycles. The SMILES string of the molecule is CC[C@H]1O[C@H](CC=O)[C@H](OC(C)=O)[C@@H](OC(C)=O)[C@@H]1C. The number of esters is 2. The van der Waals surface area contributed by atoms with Crippen molar-refractivity contribution in [3.05, 3.63) is 0 Å². The van der Waals surface area contributed by atoms with Gasteiger partial charge in [0.25, 0.3) is 0 Å². The van der Waals surface area contributed by atoms with Crippen molar-refractivity contribution >= 4 is 18.2 Å². The van der Waals surface area contributed by atoms with Crippen molar-refractivity contribution < 1.29 is 28.6 Å². The summed E-state index contributed by atoms with van der Waals surface area (Å²) < 4.78 is 16.4. The zero-order valence-corrected chi connectivity index (χ0v) is 12.3. The molecule has 1 aliphatic heterocycles. The number of carbonyl (C=O) groups excluding carboxylic acids is 3. The molecule has 0 unspecified atom stereocenters. The van der Waals surface area contributed by atoms with Gasteiger partial charge in [-0.1, -0.05) is 13.8 Å². The van der Waals surface area contributed by atoms with E-state index in [2.05, 4.69) is 0 Å². The van der Waals surface area contributed by atoms with Crippen LogP contribution in [0.4, 0.5) is 0 Å². The molecule has 0 aromatic carbocycles. The van der Waals surface area contributed by atoms with Crippen molar-refractivity contribution in [3.63, 3.8) is 0 Å². The van der Waals surface area contributed by atoms with E-state index in [9.17, 15) is 14.4 Å². The quantitative estimate of drug-likeness (QED) is 0.559. The second-order valence-electron chi connectivity index (χ2n) is 5.03. The van der Waals surface area contributed by atoms with Gasteiger partial charge in [0.2, 0.25) is 0 Å². The summed E-state index contributed by atoms with van der Waals surface area (Å²) in [6.45, 7) is 6.42. The van der Waals surface area contributed by atoms with E-state index in [1.165, 1.54) is 13.8 Å².